The standard InChI is InChI=1S/C32H42N8O4/c1-19(2)36-27-24(17-33)23(29(41)35-18-25-20(3)15-21(4)37-30(25)42)16-26(38-27)22-9-8-10-34-28(22)39-11-13-40(14-12-39)31(43)44-32(5,6)7/h8-10,15-17,19,33H,11-14,18H2,1-7H3,(H,35,41)(H,36,38)(H,37,42). The van der Waals surface area contributed by atoms with Gasteiger partial charge < -0.3 is 35.6 Å². The molecule has 12 nitrogen and oxygen atoms in total. The third-order valence-corrected chi connectivity index (χ3v) is 7.09. The smallest absolute Gasteiger partial charge is 0.410 e. The van der Waals surface area contributed by atoms with Crippen LogP contribution in [0.25, 0.3) is 11.3 Å². The largest absolute Gasteiger partial charge is 0.444 e. The second kappa shape index (κ2) is 13.3. The van der Waals surface area contributed by atoms with E-state index in [1.54, 1.807) is 17.2 Å². The number of amides is 2. The Bertz CT molecular complexity index is 1600. The zero-order valence-corrected chi connectivity index (χ0v) is 26.5. The van der Waals surface area contributed by atoms with Gasteiger partial charge in [0.1, 0.15) is 17.2 Å². The molecule has 0 radical (unpaired) electrons. The van der Waals surface area contributed by atoms with Crippen molar-refractivity contribution in [2.45, 2.75) is 66.7 Å². The molecule has 3 aromatic rings. The van der Waals surface area contributed by atoms with Crippen molar-refractivity contribution in [3.63, 3.8) is 0 Å². The molecule has 0 aliphatic carbocycles. The lowest BCUT2D eigenvalue weighted by Gasteiger charge is -2.36. The molecule has 44 heavy (non-hydrogen) atoms. The summed E-state index contributed by atoms with van der Waals surface area (Å²) in [7, 11) is 0. The van der Waals surface area contributed by atoms with Gasteiger partial charge in [0.05, 0.1) is 11.3 Å². The van der Waals surface area contributed by atoms with Crippen LogP contribution in [-0.4, -0.2) is 75.9 Å². The van der Waals surface area contributed by atoms with Gasteiger partial charge in [0.2, 0.25) is 0 Å². The second-order valence-corrected chi connectivity index (χ2v) is 12.2. The maximum atomic E-state index is 13.6. The summed E-state index contributed by atoms with van der Waals surface area (Å²) in [6, 6.07) is 7.20. The Hall–Kier alpha value is -4.74. The number of pyridine rings is 3. The van der Waals surface area contributed by atoms with Crippen molar-refractivity contribution in [3.8, 4) is 11.3 Å². The fraction of sp³-hybridized carbons (Fsp3) is 0.438. The number of carbonyl (C=O) groups excluding carboxylic acids is 2. The zero-order valence-electron chi connectivity index (χ0n) is 26.5. The molecule has 0 unspecified atom stereocenters. The number of hydrogen-bond donors (Lipinski definition) is 4. The number of aromatic nitrogens is 3. The topological polar surface area (TPSA) is 156 Å². The summed E-state index contributed by atoms with van der Waals surface area (Å²) < 4.78 is 5.54. The highest BCUT2D eigenvalue weighted by Gasteiger charge is 2.28. The minimum atomic E-state index is -0.572. The minimum absolute atomic E-state index is 0.0181. The predicted molar refractivity (Wildman–Crippen MR) is 172 cm³/mol. The number of hydrogen-bond acceptors (Lipinski definition) is 9. The molecule has 4 rings (SSSR count). The average molecular weight is 603 g/mol. The van der Waals surface area contributed by atoms with Gasteiger partial charge in [-0.15, -0.1) is 0 Å². The third kappa shape index (κ3) is 7.61. The summed E-state index contributed by atoms with van der Waals surface area (Å²) in [5, 5.41) is 14.3. The van der Waals surface area contributed by atoms with Crippen LogP contribution in [0.2, 0.25) is 0 Å². The molecular weight excluding hydrogens is 560 g/mol. The van der Waals surface area contributed by atoms with Crippen LogP contribution < -0.4 is 21.1 Å². The fourth-order valence-corrected chi connectivity index (χ4v) is 5.05. The number of rotatable bonds is 8. The lowest BCUT2D eigenvalue weighted by atomic mass is 10.0. The molecule has 1 aliphatic rings. The summed E-state index contributed by atoms with van der Waals surface area (Å²) in [5.41, 5.74) is 2.97. The van der Waals surface area contributed by atoms with Gasteiger partial charge in [0, 0.05) is 73.6 Å². The summed E-state index contributed by atoms with van der Waals surface area (Å²) in [5.74, 6) is 0.636. The van der Waals surface area contributed by atoms with Crippen LogP contribution in [0.5, 0.6) is 0 Å². The normalized spacial score (nSPS) is 13.5. The van der Waals surface area contributed by atoms with Crippen molar-refractivity contribution in [3.05, 3.63) is 68.8 Å². The quantitative estimate of drug-likeness (QED) is 0.279. The average Bonchev–Trinajstić information content (AvgIpc) is 2.95. The van der Waals surface area contributed by atoms with E-state index >= 15 is 0 Å². The Kier molecular flexibility index (Phi) is 9.71. The molecule has 1 fully saturated rings. The van der Waals surface area contributed by atoms with E-state index in [1.165, 1.54) is 0 Å². The summed E-state index contributed by atoms with van der Waals surface area (Å²) >= 11 is 0. The molecule has 0 bridgehead atoms. The molecule has 0 saturated carbocycles. The highest BCUT2D eigenvalue weighted by Crippen LogP contribution is 2.32. The summed E-state index contributed by atoms with van der Waals surface area (Å²) in [6.07, 6.45) is 2.47. The monoisotopic (exact) mass is 602 g/mol. The first-order valence-corrected chi connectivity index (χ1v) is 14.7. The Morgan fingerprint density at radius 2 is 1.86 bits per heavy atom. The van der Waals surface area contributed by atoms with Gasteiger partial charge in [-0.3, -0.25) is 9.59 Å². The Labute approximate surface area is 257 Å². The van der Waals surface area contributed by atoms with Crippen molar-refractivity contribution in [2.75, 3.05) is 36.4 Å². The molecule has 0 atom stereocenters. The van der Waals surface area contributed by atoms with Crippen LogP contribution in [0.15, 0.2) is 35.3 Å². The van der Waals surface area contributed by atoms with Gasteiger partial charge in [0.25, 0.3) is 11.5 Å². The molecule has 4 heterocycles. The number of ether oxygens (including phenoxy) is 1. The maximum absolute atomic E-state index is 13.6. The van der Waals surface area contributed by atoms with E-state index in [0.29, 0.717) is 60.2 Å². The lowest BCUT2D eigenvalue weighted by Crippen LogP contribution is -2.50. The van der Waals surface area contributed by atoms with Crippen LogP contribution in [0.1, 0.15) is 67.4 Å². The first-order valence-electron chi connectivity index (χ1n) is 14.7. The number of carbonyl (C=O) groups is 2. The van der Waals surface area contributed by atoms with Crippen LogP contribution in [-0.2, 0) is 11.3 Å². The molecule has 0 spiro atoms. The molecule has 0 aromatic carbocycles. The Morgan fingerprint density at radius 1 is 1.16 bits per heavy atom. The number of nitrogens with one attached hydrogen (secondary N) is 4. The van der Waals surface area contributed by atoms with Crippen LogP contribution in [0.4, 0.5) is 16.4 Å². The van der Waals surface area contributed by atoms with Crippen molar-refractivity contribution in [2.24, 2.45) is 0 Å². The molecule has 1 saturated heterocycles. The molecule has 2 amide bonds. The van der Waals surface area contributed by atoms with E-state index in [0.717, 1.165) is 17.5 Å². The predicted octanol–water partition coefficient (Wildman–Crippen LogP) is 4.25. The van der Waals surface area contributed by atoms with Gasteiger partial charge in [-0.2, -0.15) is 0 Å². The lowest BCUT2D eigenvalue weighted by molar-refractivity contribution is 0.0240. The highest BCUT2D eigenvalue weighted by atomic mass is 16.6. The number of aryl methyl sites for hydroxylation is 2. The highest BCUT2D eigenvalue weighted by molar-refractivity contribution is 6.05. The van der Waals surface area contributed by atoms with Gasteiger partial charge in [-0.1, -0.05) is 0 Å². The SMILES string of the molecule is Cc1cc(C)c(CNC(=O)c2cc(-c3cccnc3N3CCN(C(=O)OC(C)(C)C)CC3)nc(NC(C)C)c2C=N)c(=O)[nH]1. The zero-order chi connectivity index (χ0) is 32.2. The van der Waals surface area contributed by atoms with Gasteiger partial charge >= 0.3 is 6.09 Å². The molecule has 3 aromatic heterocycles. The maximum Gasteiger partial charge on any atom is 0.410 e. The second-order valence-electron chi connectivity index (χ2n) is 12.2. The Morgan fingerprint density at radius 3 is 2.48 bits per heavy atom. The minimum Gasteiger partial charge on any atom is -0.444 e. The molecule has 1 aliphatic heterocycles. The van der Waals surface area contributed by atoms with Crippen molar-refractivity contribution in [1.82, 2.24) is 25.2 Å². The van der Waals surface area contributed by atoms with Crippen LogP contribution in [0.3, 0.4) is 0 Å². The number of piperazine rings is 1. The molecule has 12 heteroatoms. The first-order chi connectivity index (χ1) is 20.8. The van der Waals surface area contributed by atoms with Crippen molar-refractivity contribution >= 4 is 29.9 Å². The van der Waals surface area contributed by atoms with Crippen molar-refractivity contribution < 1.29 is 14.3 Å². The van der Waals surface area contributed by atoms with E-state index in [-0.39, 0.29) is 29.8 Å². The number of anilines is 2. The van der Waals surface area contributed by atoms with E-state index < -0.39 is 11.5 Å². The summed E-state index contributed by atoms with van der Waals surface area (Å²) in [6.45, 7) is 15.1. The van der Waals surface area contributed by atoms with Gasteiger partial charge in [-0.25, -0.2) is 14.8 Å². The van der Waals surface area contributed by atoms with Gasteiger partial charge in [-0.05, 0) is 78.3 Å². The Balaban J connectivity index is 1.67. The molecule has 4 N–H and O–H groups in total. The number of nitrogens with zero attached hydrogens (tertiary/aromatic N) is 4. The van der Waals surface area contributed by atoms with E-state index in [1.807, 2.05) is 66.7 Å². The third-order valence-electron chi connectivity index (χ3n) is 7.09. The van der Waals surface area contributed by atoms with E-state index in [9.17, 15) is 14.4 Å². The number of aromatic amines is 1. The van der Waals surface area contributed by atoms with Gasteiger partial charge in [0.15, 0.2) is 0 Å². The summed E-state index contributed by atoms with van der Waals surface area (Å²) in [4.78, 5) is 54.9. The fourth-order valence-electron chi connectivity index (χ4n) is 5.05. The van der Waals surface area contributed by atoms with E-state index in [4.69, 9.17) is 15.1 Å². The van der Waals surface area contributed by atoms with E-state index in [2.05, 4.69) is 25.5 Å². The molecular formula is C32H42N8O4. The molecule has 234 valence electrons. The van der Waals surface area contributed by atoms with Crippen molar-refractivity contribution in [1.29, 1.82) is 5.41 Å². The van der Waals surface area contributed by atoms with Crippen LogP contribution in [0, 0.1) is 19.3 Å². The first kappa shape index (κ1) is 32.2. The van der Waals surface area contributed by atoms with Crippen LogP contribution >= 0.6 is 0 Å². The number of H-pyrrole nitrogens is 1.